The second-order valence-electron chi connectivity index (χ2n) is 9.53. The van der Waals surface area contributed by atoms with Crippen molar-refractivity contribution in [1.29, 1.82) is 0 Å². The second-order valence-corrected chi connectivity index (χ2v) is 9.53. The van der Waals surface area contributed by atoms with Gasteiger partial charge in [-0.25, -0.2) is 0 Å². The van der Waals surface area contributed by atoms with E-state index in [0.717, 1.165) is 38.7 Å². The predicted octanol–water partition coefficient (Wildman–Crippen LogP) is 8.79. The Balaban J connectivity index is 1.33. The molecule has 1 aliphatic rings. The van der Waals surface area contributed by atoms with Gasteiger partial charge in [0.25, 0.3) is 0 Å². The summed E-state index contributed by atoms with van der Waals surface area (Å²) in [5, 5.41) is 8.27. The highest BCUT2D eigenvalue weighted by Gasteiger charge is 2.35. The molecule has 2 heteroatoms. The fraction of sp³-hybridized carbons (Fsp3) is 0.0968. The van der Waals surface area contributed by atoms with Gasteiger partial charge >= 0.3 is 0 Å². The molecule has 0 unspecified atom stereocenters. The highest BCUT2D eigenvalue weighted by molar-refractivity contribution is 6.15. The molecule has 0 atom stereocenters. The van der Waals surface area contributed by atoms with Crippen LogP contribution in [0.1, 0.15) is 25.0 Å². The van der Waals surface area contributed by atoms with Crippen LogP contribution in [0, 0.1) is 0 Å². The lowest BCUT2D eigenvalue weighted by atomic mass is 9.82. The molecular formula is C31H23NO. The molecule has 0 saturated carbocycles. The molecule has 0 amide bonds. The summed E-state index contributed by atoms with van der Waals surface area (Å²) in [6, 6.07) is 34.6. The zero-order chi connectivity index (χ0) is 22.2. The van der Waals surface area contributed by atoms with E-state index in [9.17, 15) is 0 Å². The van der Waals surface area contributed by atoms with Crippen LogP contribution in [0.15, 0.2) is 101 Å². The van der Waals surface area contributed by atoms with Crippen LogP contribution in [0.4, 0.5) is 11.4 Å². The monoisotopic (exact) mass is 425 g/mol. The maximum atomic E-state index is 6.27. The van der Waals surface area contributed by atoms with E-state index in [0.29, 0.717) is 0 Å². The molecule has 0 aliphatic heterocycles. The second kappa shape index (κ2) is 6.49. The van der Waals surface area contributed by atoms with Crippen molar-refractivity contribution in [3.63, 3.8) is 0 Å². The molecule has 0 spiro atoms. The summed E-state index contributed by atoms with van der Waals surface area (Å²) < 4.78 is 6.27. The first-order valence-corrected chi connectivity index (χ1v) is 11.4. The first kappa shape index (κ1) is 18.5. The van der Waals surface area contributed by atoms with E-state index in [2.05, 4.69) is 104 Å². The molecule has 5 aromatic carbocycles. The molecule has 1 aliphatic carbocycles. The van der Waals surface area contributed by atoms with E-state index < -0.39 is 0 Å². The van der Waals surface area contributed by atoms with Crippen molar-refractivity contribution in [1.82, 2.24) is 0 Å². The van der Waals surface area contributed by atoms with Crippen molar-refractivity contribution in [3.05, 3.63) is 108 Å². The van der Waals surface area contributed by atoms with Gasteiger partial charge in [0.1, 0.15) is 11.2 Å². The molecule has 6 aromatic rings. The van der Waals surface area contributed by atoms with Crippen LogP contribution in [0.25, 0.3) is 43.8 Å². The first-order chi connectivity index (χ1) is 16.1. The van der Waals surface area contributed by atoms with Gasteiger partial charge in [-0.1, -0.05) is 74.5 Å². The highest BCUT2D eigenvalue weighted by Crippen LogP contribution is 2.49. The van der Waals surface area contributed by atoms with Gasteiger partial charge in [-0.3, -0.25) is 0 Å². The lowest BCUT2D eigenvalue weighted by molar-refractivity contribution is 0.660. The van der Waals surface area contributed by atoms with Crippen LogP contribution in [0.2, 0.25) is 0 Å². The Bertz CT molecular complexity index is 1720. The summed E-state index contributed by atoms with van der Waals surface area (Å²) in [6.45, 7) is 4.63. The van der Waals surface area contributed by atoms with Crippen LogP contribution < -0.4 is 5.32 Å². The Morgan fingerprint density at radius 1 is 0.606 bits per heavy atom. The molecule has 0 fully saturated rings. The van der Waals surface area contributed by atoms with Gasteiger partial charge in [0.15, 0.2) is 0 Å². The fourth-order valence-corrected chi connectivity index (χ4v) is 5.53. The summed E-state index contributed by atoms with van der Waals surface area (Å²) in [5.74, 6) is 0. The van der Waals surface area contributed by atoms with Crippen LogP contribution >= 0.6 is 0 Å². The average Bonchev–Trinajstić information content (AvgIpc) is 3.33. The van der Waals surface area contributed by atoms with Crippen LogP contribution in [-0.2, 0) is 5.41 Å². The Morgan fingerprint density at radius 3 is 2.27 bits per heavy atom. The molecule has 7 rings (SSSR count). The molecule has 1 N–H and O–H groups in total. The highest BCUT2D eigenvalue weighted by atomic mass is 16.3. The topological polar surface area (TPSA) is 25.2 Å². The van der Waals surface area contributed by atoms with Crippen molar-refractivity contribution in [3.8, 4) is 11.1 Å². The minimum absolute atomic E-state index is 0.00651. The van der Waals surface area contributed by atoms with Crippen LogP contribution in [0.5, 0.6) is 0 Å². The minimum Gasteiger partial charge on any atom is -0.455 e. The maximum absolute atomic E-state index is 6.27. The maximum Gasteiger partial charge on any atom is 0.143 e. The van der Waals surface area contributed by atoms with Crippen LogP contribution in [-0.4, -0.2) is 0 Å². The molecule has 158 valence electrons. The smallest absolute Gasteiger partial charge is 0.143 e. The third-order valence-corrected chi connectivity index (χ3v) is 7.23. The number of furan rings is 1. The molecule has 2 nitrogen and oxygen atoms in total. The molecule has 33 heavy (non-hydrogen) atoms. The van der Waals surface area contributed by atoms with E-state index in [1.54, 1.807) is 0 Å². The van der Waals surface area contributed by atoms with Crippen molar-refractivity contribution in [2.45, 2.75) is 19.3 Å². The van der Waals surface area contributed by atoms with Crippen molar-refractivity contribution in [2.75, 3.05) is 5.32 Å². The largest absolute Gasteiger partial charge is 0.455 e. The van der Waals surface area contributed by atoms with Gasteiger partial charge in [-0.05, 0) is 64.0 Å². The Labute approximate surface area is 192 Å². The van der Waals surface area contributed by atoms with Gasteiger partial charge in [0, 0.05) is 32.9 Å². The number of hydrogen-bond donors (Lipinski definition) is 1. The number of para-hydroxylation sites is 1. The van der Waals surface area contributed by atoms with E-state index >= 15 is 0 Å². The first-order valence-electron chi connectivity index (χ1n) is 11.4. The summed E-state index contributed by atoms with van der Waals surface area (Å²) in [4.78, 5) is 0. The van der Waals surface area contributed by atoms with Gasteiger partial charge in [0.2, 0.25) is 0 Å². The summed E-state index contributed by atoms with van der Waals surface area (Å²) in [5.41, 5.74) is 9.49. The zero-order valence-electron chi connectivity index (χ0n) is 18.6. The number of benzene rings is 5. The summed E-state index contributed by atoms with van der Waals surface area (Å²) >= 11 is 0. The Kier molecular flexibility index (Phi) is 3.64. The molecule has 1 aromatic heterocycles. The average molecular weight is 426 g/mol. The number of rotatable bonds is 2. The molecular weight excluding hydrogens is 402 g/mol. The lowest BCUT2D eigenvalue weighted by Gasteiger charge is -2.22. The number of nitrogens with one attached hydrogen (secondary N) is 1. The van der Waals surface area contributed by atoms with Crippen molar-refractivity contribution >= 4 is 44.1 Å². The third-order valence-electron chi connectivity index (χ3n) is 7.23. The standard InChI is InChI=1S/C31H23NO/c1-31(2)27-9-5-3-7-22(27)23-16-14-21(18-28(23)31)32-20-13-11-19-12-15-25-24-8-4-6-10-29(24)33-30(25)26(19)17-20/h3-18,32H,1-2H3. The fourth-order valence-electron chi connectivity index (χ4n) is 5.53. The number of hydrogen-bond acceptors (Lipinski definition) is 2. The molecule has 0 radical (unpaired) electrons. The van der Waals surface area contributed by atoms with Gasteiger partial charge < -0.3 is 9.73 Å². The number of fused-ring (bicyclic) bond motifs is 8. The Hall–Kier alpha value is -4.04. The predicted molar refractivity (Wildman–Crippen MR) is 139 cm³/mol. The molecule has 0 bridgehead atoms. The SMILES string of the molecule is CC1(C)c2ccccc2-c2ccc(Nc3ccc4ccc5c6ccccc6oc5c4c3)cc21. The number of anilines is 2. The molecule has 1 heterocycles. The van der Waals surface area contributed by atoms with E-state index in [4.69, 9.17) is 4.42 Å². The van der Waals surface area contributed by atoms with E-state index in [1.807, 2.05) is 12.1 Å². The molecule has 0 saturated heterocycles. The quantitative estimate of drug-likeness (QED) is 0.300. The van der Waals surface area contributed by atoms with Crippen molar-refractivity contribution in [2.24, 2.45) is 0 Å². The summed E-state index contributed by atoms with van der Waals surface area (Å²) in [6.07, 6.45) is 0. The summed E-state index contributed by atoms with van der Waals surface area (Å²) in [7, 11) is 0. The normalized spacial score (nSPS) is 14.0. The van der Waals surface area contributed by atoms with Gasteiger partial charge in [-0.2, -0.15) is 0 Å². The van der Waals surface area contributed by atoms with Gasteiger partial charge in [-0.15, -0.1) is 0 Å². The van der Waals surface area contributed by atoms with Crippen molar-refractivity contribution < 1.29 is 4.42 Å². The minimum atomic E-state index is -0.00651. The van der Waals surface area contributed by atoms with E-state index in [1.165, 1.54) is 27.6 Å². The van der Waals surface area contributed by atoms with Crippen LogP contribution in [0.3, 0.4) is 0 Å². The van der Waals surface area contributed by atoms with E-state index in [-0.39, 0.29) is 5.41 Å². The van der Waals surface area contributed by atoms with Gasteiger partial charge in [0.05, 0.1) is 0 Å². The third kappa shape index (κ3) is 2.61. The Morgan fingerprint density at radius 2 is 1.33 bits per heavy atom. The lowest BCUT2D eigenvalue weighted by Crippen LogP contribution is -2.15. The zero-order valence-corrected chi connectivity index (χ0v) is 18.6.